The summed E-state index contributed by atoms with van der Waals surface area (Å²) < 4.78 is 54.6. The van der Waals surface area contributed by atoms with Gasteiger partial charge in [0.15, 0.2) is 5.75 Å². The lowest BCUT2D eigenvalue weighted by Crippen LogP contribution is -2.47. The first-order valence-corrected chi connectivity index (χ1v) is 11.8. The first-order chi connectivity index (χ1) is 16.0. The molecule has 13 heteroatoms. The number of likely N-dealkylation sites (N-methyl/N-ethyl adjacent to an activating group) is 1. The third kappa shape index (κ3) is 4.25. The number of rotatable bonds is 6. The van der Waals surface area contributed by atoms with Crippen LogP contribution in [0.2, 0.25) is 5.02 Å². The van der Waals surface area contributed by atoms with Gasteiger partial charge in [0.25, 0.3) is 10.9 Å². The highest BCUT2D eigenvalue weighted by molar-refractivity contribution is 7.89. The highest BCUT2D eigenvalue weighted by atomic mass is 35.5. The number of sulfonamides is 1. The first kappa shape index (κ1) is 24.1. The van der Waals surface area contributed by atoms with Crippen molar-refractivity contribution >= 4 is 44.4 Å². The number of anilines is 4. The van der Waals surface area contributed by atoms with Gasteiger partial charge in [0.1, 0.15) is 27.9 Å². The molecule has 0 saturated carbocycles. The normalized spacial score (nSPS) is 15.5. The highest BCUT2D eigenvalue weighted by Gasteiger charge is 2.33. The summed E-state index contributed by atoms with van der Waals surface area (Å²) in [6.07, 6.45) is 0. The van der Waals surface area contributed by atoms with Crippen molar-refractivity contribution in [3.63, 3.8) is 0 Å². The first-order valence-electron chi connectivity index (χ1n) is 10.0. The molecule has 0 atom stereocenters. The fraction of sp³-hybridized carbons (Fsp3) is 0.238. The lowest BCUT2D eigenvalue weighted by molar-refractivity contribution is 0.222. The van der Waals surface area contributed by atoms with E-state index in [-0.39, 0.29) is 40.9 Å². The van der Waals surface area contributed by atoms with Gasteiger partial charge in [0, 0.05) is 32.2 Å². The molecule has 1 fully saturated rings. The van der Waals surface area contributed by atoms with Gasteiger partial charge in [-0.1, -0.05) is 11.6 Å². The highest BCUT2D eigenvalue weighted by Crippen LogP contribution is 2.40. The average Bonchev–Trinajstić information content (AvgIpc) is 2.78. The van der Waals surface area contributed by atoms with Crippen LogP contribution in [0.15, 0.2) is 44.8 Å². The van der Waals surface area contributed by atoms with Crippen LogP contribution in [-0.2, 0) is 10.0 Å². The van der Waals surface area contributed by atoms with Crippen LogP contribution in [0.5, 0.6) is 5.75 Å². The number of piperazine rings is 1. The molecule has 180 valence electrons. The second kappa shape index (κ2) is 8.95. The van der Waals surface area contributed by atoms with Gasteiger partial charge in [-0.2, -0.15) is 4.31 Å². The largest absolute Gasteiger partial charge is 0.504 e. The van der Waals surface area contributed by atoms with E-state index in [0.29, 0.717) is 19.2 Å². The number of nitrogens with one attached hydrogen (secondary N) is 2. The Labute approximate surface area is 197 Å². The number of benzene rings is 2. The van der Waals surface area contributed by atoms with Crippen LogP contribution in [0.1, 0.15) is 0 Å². The van der Waals surface area contributed by atoms with Gasteiger partial charge in [0.2, 0.25) is 10.0 Å². The van der Waals surface area contributed by atoms with Crippen molar-refractivity contribution in [3.05, 3.63) is 67.4 Å². The summed E-state index contributed by atoms with van der Waals surface area (Å²) in [5.41, 5.74) is -3.04. The Hall–Kier alpha value is -3.06. The molecule has 0 aromatic heterocycles. The van der Waals surface area contributed by atoms with Crippen molar-refractivity contribution in [2.75, 3.05) is 43.9 Å². The van der Waals surface area contributed by atoms with Crippen LogP contribution in [0, 0.1) is 11.6 Å². The fourth-order valence-corrected chi connectivity index (χ4v) is 5.56. The number of nitrogens with zero attached hydrogens (tertiary/aromatic N) is 2. The number of phenolic OH excluding ortho intramolecular Hbond substituents is 1. The SMILES string of the molecule is CN1CCN(S(=O)(=O)c2c(Cl)ccc(Nc3c(Nc4ccc(F)cc4F)c(=O)c3=O)c2O)CC1. The van der Waals surface area contributed by atoms with E-state index in [1.54, 1.807) is 0 Å². The Balaban J connectivity index is 1.67. The Kier molecular flexibility index (Phi) is 6.34. The quantitative estimate of drug-likeness (QED) is 0.340. The van der Waals surface area contributed by atoms with E-state index in [0.717, 1.165) is 12.1 Å². The topological polar surface area (TPSA) is 119 Å². The van der Waals surface area contributed by atoms with Gasteiger partial charge in [-0.05, 0) is 31.3 Å². The molecule has 1 saturated heterocycles. The van der Waals surface area contributed by atoms with Crippen molar-refractivity contribution in [2.45, 2.75) is 4.90 Å². The summed E-state index contributed by atoms with van der Waals surface area (Å²) in [5.74, 6) is -2.56. The molecule has 0 amide bonds. The molecule has 1 heterocycles. The van der Waals surface area contributed by atoms with Gasteiger partial charge in [-0.3, -0.25) is 9.59 Å². The zero-order chi connectivity index (χ0) is 24.8. The van der Waals surface area contributed by atoms with Gasteiger partial charge in [-0.15, -0.1) is 0 Å². The average molecular weight is 513 g/mol. The van der Waals surface area contributed by atoms with Crippen LogP contribution in [0.4, 0.5) is 31.5 Å². The van der Waals surface area contributed by atoms with Crippen molar-refractivity contribution in [2.24, 2.45) is 0 Å². The second-order valence-electron chi connectivity index (χ2n) is 7.76. The predicted octanol–water partition coefficient (Wildman–Crippen LogP) is 2.34. The summed E-state index contributed by atoms with van der Waals surface area (Å²) in [4.78, 5) is 25.6. The standard InChI is InChI=1S/C21H19ClF2N4O5S/c1-27-6-8-28(9-7-27)34(32,33)21-12(22)3-5-15(18(21)29)26-17-16(19(30)20(17)31)25-14-4-2-11(23)10-13(14)24/h2-5,10,25-26,29H,6-9H2,1H3. The molecule has 3 aromatic rings. The maximum absolute atomic E-state index is 14.0. The van der Waals surface area contributed by atoms with Crippen LogP contribution in [-0.4, -0.2) is 56.0 Å². The summed E-state index contributed by atoms with van der Waals surface area (Å²) in [6, 6.07) is 5.07. The molecular weight excluding hydrogens is 494 g/mol. The van der Waals surface area contributed by atoms with E-state index in [2.05, 4.69) is 10.6 Å². The second-order valence-corrected chi connectivity index (χ2v) is 10.0. The predicted molar refractivity (Wildman–Crippen MR) is 124 cm³/mol. The van der Waals surface area contributed by atoms with Crippen molar-refractivity contribution < 1.29 is 22.3 Å². The molecule has 4 rings (SSSR count). The van der Waals surface area contributed by atoms with Crippen LogP contribution >= 0.6 is 11.6 Å². The Morgan fingerprint density at radius 2 is 1.50 bits per heavy atom. The van der Waals surface area contributed by atoms with E-state index < -0.39 is 43.2 Å². The lowest BCUT2D eigenvalue weighted by atomic mass is 10.1. The smallest absolute Gasteiger partial charge is 0.253 e. The number of halogens is 3. The lowest BCUT2D eigenvalue weighted by Gasteiger charge is -2.32. The fourth-order valence-electron chi connectivity index (χ4n) is 3.54. The molecule has 3 N–H and O–H groups in total. The molecule has 0 radical (unpaired) electrons. The van der Waals surface area contributed by atoms with Gasteiger partial charge in [0.05, 0.1) is 16.4 Å². The zero-order valence-electron chi connectivity index (χ0n) is 17.7. The maximum Gasteiger partial charge on any atom is 0.253 e. The van der Waals surface area contributed by atoms with E-state index in [1.165, 1.54) is 16.4 Å². The zero-order valence-corrected chi connectivity index (χ0v) is 19.3. The molecule has 0 aliphatic carbocycles. The van der Waals surface area contributed by atoms with Crippen LogP contribution in [0.25, 0.3) is 0 Å². The van der Waals surface area contributed by atoms with E-state index >= 15 is 0 Å². The Morgan fingerprint density at radius 3 is 2.09 bits per heavy atom. The number of aromatic hydroxyl groups is 1. The summed E-state index contributed by atoms with van der Waals surface area (Å²) in [6.45, 7) is 1.38. The van der Waals surface area contributed by atoms with Crippen LogP contribution < -0.4 is 21.5 Å². The molecular formula is C21H19ClF2N4O5S. The summed E-state index contributed by atoms with van der Waals surface area (Å²) >= 11 is 6.11. The summed E-state index contributed by atoms with van der Waals surface area (Å²) in [5, 5.41) is 15.5. The minimum atomic E-state index is -4.17. The molecule has 0 spiro atoms. The van der Waals surface area contributed by atoms with Crippen molar-refractivity contribution in [1.29, 1.82) is 0 Å². The number of phenols is 1. The van der Waals surface area contributed by atoms with Crippen molar-refractivity contribution in [3.8, 4) is 5.75 Å². The van der Waals surface area contributed by atoms with Gasteiger partial charge in [-0.25, -0.2) is 17.2 Å². The monoisotopic (exact) mass is 512 g/mol. The minimum Gasteiger partial charge on any atom is -0.504 e. The molecule has 0 bridgehead atoms. The third-order valence-corrected chi connectivity index (χ3v) is 7.91. The van der Waals surface area contributed by atoms with Crippen molar-refractivity contribution in [1.82, 2.24) is 9.21 Å². The van der Waals surface area contributed by atoms with E-state index in [4.69, 9.17) is 11.6 Å². The van der Waals surface area contributed by atoms with E-state index in [9.17, 15) is 31.9 Å². The summed E-state index contributed by atoms with van der Waals surface area (Å²) in [7, 11) is -2.32. The van der Waals surface area contributed by atoms with Gasteiger partial charge >= 0.3 is 0 Å². The molecule has 1 aliphatic heterocycles. The molecule has 9 nitrogen and oxygen atoms in total. The molecule has 3 aromatic carbocycles. The molecule has 1 aliphatic rings. The maximum atomic E-state index is 14.0. The third-order valence-electron chi connectivity index (χ3n) is 5.50. The Bertz CT molecular complexity index is 1450. The van der Waals surface area contributed by atoms with Gasteiger partial charge < -0.3 is 20.6 Å². The number of hydrogen-bond acceptors (Lipinski definition) is 8. The number of hydrogen-bond donors (Lipinski definition) is 3. The van der Waals surface area contributed by atoms with Crippen LogP contribution in [0.3, 0.4) is 0 Å². The van der Waals surface area contributed by atoms with E-state index in [1.807, 2.05) is 11.9 Å². The minimum absolute atomic E-state index is 0.196. The Morgan fingerprint density at radius 1 is 0.941 bits per heavy atom. The molecule has 0 unspecified atom stereocenters. The molecule has 34 heavy (non-hydrogen) atoms.